The van der Waals surface area contributed by atoms with Gasteiger partial charge in [-0.25, -0.2) is 0 Å². The van der Waals surface area contributed by atoms with Gasteiger partial charge in [0.2, 0.25) is 0 Å². The highest BCUT2D eigenvalue weighted by Crippen LogP contribution is 2.23. The molecular formula is C15H23ClN4S. The minimum Gasteiger partial charge on any atom is -0.271 e. The molecule has 0 aromatic carbocycles. The van der Waals surface area contributed by atoms with E-state index in [0.29, 0.717) is 0 Å². The fourth-order valence-corrected chi connectivity index (χ4v) is 3.62. The van der Waals surface area contributed by atoms with Crippen molar-refractivity contribution in [1.29, 1.82) is 0 Å². The van der Waals surface area contributed by atoms with E-state index in [0.717, 1.165) is 48.5 Å². The molecule has 116 valence electrons. The van der Waals surface area contributed by atoms with Gasteiger partial charge < -0.3 is 0 Å². The largest absolute Gasteiger partial charge is 0.271 e. The Balaban J connectivity index is 1.91. The first-order valence-corrected chi connectivity index (χ1v) is 8.60. The van der Waals surface area contributed by atoms with Crippen LogP contribution < -0.4 is 11.3 Å². The van der Waals surface area contributed by atoms with Gasteiger partial charge in [0, 0.05) is 24.4 Å². The summed E-state index contributed by atoms with van der Waals surface area (Å²) in [6.45, 7) is 2.07. The molecule has 3 N–H and O–H groups in total. The van der Waals surface area contributed by atoms with Crippen molar-refractivity contribution in [2.75, 3.05) is 0 Å². The average molecular weight is 327 g/mol. The van der Waals surface area contributed by atoms with Crippen LogP contribution in [-0.4, -0.2) is 15.8 Å². The lowest BCUT2D eigenvalue weighted by Crippen LogP contribution is -2.37. The van der Waals surface area contributed by atoms with E-state index in [1.165, 1.54) is 4.88 Å². The Morgan fingerprint density at radius 1 is 1.52 bits per heavy atom. The summed E-state index contributed by atoms with van der Waals surface area (Å²) in [7, 11) is 1.94. The van der Waals surface area contributed by atoms with E-state index in [4.69, 9.17) is 17.4 Å². The quantitative estimate of drug-likeness (QED) is 0.579. The molecule has 2 rings (SSSR count). The van der Waals surface area contributed by atoms with Gasteiger partial charge in [-0.05, 0) is 37.1 Å². The van der Waals surface area contributed by atoms with E-state index in [9.17, 15) is 0 Å². The molecule has 4 nitrogen and oxygen atoms in total. The van der Waals surface area contributed by atoms with Crippen molar-refractivity contribution in [3.05, 3.63) is 38.8 Å². The summed E-state index contributed by atoms with van der Waals surface area (Å²) in [5.74, 6) is 5.70. The molecule has 0 aliphatic heterocycles. The molecule has 1 unspecified atom stereocenters. The highest BCUT2D eigenvalue weighted by atomic mass is 35.5. The Labute approximate surface area is 135 Å². The van der Waals surface area contributed by atoms with Crippen molar-refractivity contribution in [2.24, 2.45) is 12.9 Å². The monoisotopic (exact) mass is 326 g/mol. The molecule has 21 heavy (non-hydrogen) atoms. The molecular weight excluding hydrogens is 304 g/mol. The van der Waals surface area contributed by atoms with Crippen molar-refractivity contribution < 1.29 is 0 Å². The predicted molar refractivity (Wildman–Crippen MR) is 89.7 cm³/mol. The number of hydrogen-bond acceptors (Lipinski definition) is 4. The SMILES string of the molecule is CCc1nn(C)c(CC(CCCc2cccs2)NN)c1Cl. The molecule has 1 atom stereocenters. The van der Waals surface area contributed by atoms with Crippen molar-refractivity contribution in [2.45, 2.75) is 45.1 Å². The third kappa shape index (κ3) is 4.30. The van der Waals surface area contributed by atoms with Gasteiger partial charge in [0.05, 0.1) is 16.4 Å². The van der Waals surface area contributed by atoms with Gasteiger partial charge >= 0.3 is 0 Å². The summed E-state index contributed by atoms with van der Waals surface area (Å²) in [6.07, 6.45) is 4.91. The fourth-order valence-electron chi connectivity index (χ4n) is 2.50. The number of rotatable bonds is 8. The molecule has 2 aromatic heterocycles. The van der Waals surface area contributed by atoms with Gasteiger partial charge in [-0.2, -0.15) is 5.10 Å². The normalized spacial score (nSPS) is 12.8. The predicted octanol–water partition coefficient (Wildman–Crippen LogP) is 3.09. The van der Waals surface area contributed by atoms with Crippen LogP contribution in [0.25, 0.3) is 0 Å². The molecule has 2 aromatic rings. The molecule has 0 amide bonds. The van der Waals surface area contributed by atoms with Gasteiger partial charge in [-0.1, -0.05) is 24.6 Å². The summed E-state index contributed by atoms with van der Waals surface area (Å²) in [5, 5.41) is 7.37. The maximum atomic E-state index is 6.40. The van der Waals surface area contributed by atoms with E-state index in [2.05, 4.69) is 35.0 Å². The maximum absolute atomic E-state index is 6.40. The van der Waals surface area contributed by atoms with Crippen LogP contribution in [0.15, 0.2) is 17.5 Å². The summed E-state index contributed by atoms with van der Waals surface area (Å²) >= 11 is 8.21. The van der Waals surface area contributed by atoms with Crippen LogP contribution in [-0.2, 0) is 26.3 Å². The van der Waals surface area contributed by atoms with Gasteiger partial charge in [0.25, 0.3) is 0 Å². The Kier molecular flexibility index (Phi) is 6.23. The zero-order valence-electron chi connectivity index (χ0n) is 12.6. The maximum Gasteiger partial charge on any atom is 0.0850 e. The number of aryl methyl sites for hydroxylation is 3. The van der Waals surface area contributed by atoms with Crippen molar-refractivity contribution in [3.8, 4) is 0 Å². The van der Waals surface area contributed by atoms with Gasteiger partial charge in [0.15, 0.2) is 0 Å². The minimum atomic E-state index is 0.225. The topological polar surface area (TPSA) is 55.9 Å². The van der Waals surface area contributed by atoms with E-state index in [1.807, 2.05) is 23.1 Å². The van der Waals surface area contributed by atoms with Crippen LogP contribution >= 0.6 is 22.9 Å². The van der Waals surface area contributed by atoms with Gasteiger partial charge in [-0.3, -0.25) is 16.0 Å². The summed E-state index contributed by atoms with van der Waals surface area (Å²) in [4.78, 5) is 1.43. The number of aromatic nitrogens is 2. The smallest absolute Gasteiger partial charge is 0.0850 e. The zero-order chi connectivity index (χ0) is 15.2. The molecule has 0 aliphatic carbocycles. The second-order valence-corrected chi connectivity index (χ2v) is 6.63. The Morgan fingerprint density at radius 2 is 2.33 bits per heavy atom. The van der Waals surface area contributed by atoms with E-state index >= 15 is 0 Å². The third-order valence-corrected chi connectivity index (χ3v) is 5.11. The third-order valence-electron chi connectivity index (χ3n) is 3.73. The molecule has 0 saturated carbocycles. The lowest BCUT2D eigenvalue weighted by Gasteiger charge is -2.16. The number of nitrogens with zero attached hydrogens (tertiary/aromatic N) is 2. The first kappa shape index (κ1) is 16.5. The molecule has 2 heterocycles. The summed E-state index contributed by atoms with van der Waals surface area (Å²) < 4.78 is 1.88. The highest BCUT2D eigenvalue weighted by Gasteiger charge is 2.17. The summed E-state index contributed by atoms with van der Waals surface area (Å²) in [5.41, 5.74) is 4.94. The van der Waals surface area contributed by atoms with E-state index in [-0.39, 0.29) is 6.04 Å². The lowest BCUT2D eigenvalue weighted by molar-refractivity contribution is 0.465. The average Bonchev–Trinajstić information content (AvgIpc) is 3.08. The minimum absolute atomic E-state index is 0.225. The van der Waals surface area contributed by atoms with Crippen LogP contribution in [0.4, 0.5) is 0 Å². The first-order valence-electron chi connectivity index (χ1n) is 7.34. The first-order chi connectivity index (χ1) is 10.2. The number of nitrogens with one attached hydrogen (secondary N) is 1. The van der Waals surface area contributed by atoms with Gasteiger partial charge in [0.1, 0.15) is 0 Å². The fraction of sp³-hybridized carbons (Fsp3) is 0.533. The molecule has 0 bridgehead atoms. The van der Waals surface area contributed by atoms with Crippen LogP contribution in [0.5, 0.6) is 0 Å². The molecule has 0 aliphatic rings. The van der Waals surface area contributed by atoms with Crippen molar-refractivity contribution in [3.63, 3.8) is 0 Å². The van der Waals surface area contributed by atoms with Crippen LogP contribution in [0, 0.1) is 0 Å². The highest BCUT2D eigenvalue weighted by molar-refractivity contribution is 7.09. The molecule has 0 fully saturated rings. The zero-order valence-corrected chi connectivity index (χ0v) is 14.2. The number of hydrazine groups is 1. The number of thiophene rings is 1. The summed E-state index contributed by atoms with van der Waals surface area (Å²) in [6, 6.07) is 4.50. The molecule has 0 spiro atoms. The van der Waals surface area contributed by atoms with Gasteiger partial charge in [-0.15, -0.1) is 11.3 Å². The number of nitrogens with two attached hydrogens (primary N) is 1. The lowest BCUT2D eigenvalue weighted by atomic mass is 10.0. The Bertz CT molecular complexity index is 550. The Morgan fingerprint density at radius 3 is 2.90 bits per heavy atom. The van der Waals surface area contributed by atoms with E-state index < -0.39 is 0 Å². The molecule has 0 saturated heterocycles. The van der Waals surface area contributed by atoms with Crippen molar-refractivity contribution in [1.82, 2.24) is 15.2 Å². The van der Waals surface area contributed by atoms with Crippen molar-refractivity contribution >= 4 is 22.9 Å². The second-order valence-electron chi connectivity index (χ2n) is 5.22. The Hall–Kier alpha value is -0.880. The van der Waals surface area contributed by atoms with Crippen LogP contribution in [0.1, 0.15) is 36.0 Å². The van der Waals surface area contributed by atoms with Crippen LogP contribution in [0.3, 0.4) is 0 Å². The van der Waals surface area contributed by atoms with Crippen LogP contribution in [0.2, 0.25) is 5.02 Å². The molecule has 6 heteroatoms. The molecule has 0 radical (unpaired) electrons. The standard InChI is InChI=1S/C15H23ClN4S/c1-3-13-15(16)14(20(2)19-13)10-11(18-17)6-4-7-12-8-5-9-21-12/h5,8-9,11,18H,3-4,6-7,10,17H2,1-2H3. The second kappa shape index (κ2) is 7.94. The number of hydrogen-bond donors (Lipinski definition) is 2. The number of halogens is 1. The van der Waals surface area contributed by atoms with E-state index in [1.54, 1.807) is 0 Å².